The van der Waals surface area contributed by atoms with E-state index in [2.05, 4.69) is 10.3 Å². The van der Waals surface area contributed by atoms with Crippen LogP contribution >= 0.6 is 22.9 Å². The van der Waals surface area contributed by atoms with Crippen LogP contribution in [-0.4, -0.2) is 15.8 Å². The number of halogens is 1. The summed E-state index contributed by atoms with van der Waals surface area (Å²) in [6.45, 7) is 2.51. The minimum absolute atomic E-state index is 0.00721. The van der Waals surface area contributed by atoms with Crippen LogP contribution in [0.3, 0.4) is 0 Å². The van der Waals surface area contributed by atoms with Gasteiger partial charge < -0.3 is 10.2 Å². The van der Waals surface area contributed by atoms with E-state index in [-0.39, 0.29) is 12.1 Å². The number of anilines is 1. The number of carbonyl (C=O) groups is 1. The molecule has 0 saturated carbocycles. The Hall–Kier alpha value is -2.37. The van der Waals surface area contributed by atoms with E-state index in [1.807, 2.05) is 53.6 Å². The van der Waals surface area contributed by atoms with Gasteiger partial charge in [-0.3, -0.25) is 9.78 Å². The summed E-state index contributed by atoms with van der Waals surface area (Å²) < 4.78 is 0. The van der Waals surface area contributed by atoms with E-state index in [1.54, 1.807) is 23.6 Å². The third-order valence-electron chi connectivity index (χ3n) is 4.28. The first-order valence-corrected chi connectivity index (χ1v) is 9.20. The van der Waals surface area contributed by atoms with Gasteiger partial charge >= 0.3 is 0 Å². The number of aryl methyl sites for hydroxylation is 1. The normalized spacial score (nSPS) is 16.2. The molecule has 0 unspecified atom stereocenters. The second-order valence-corrected chi connectivity index (χ2v) is 7.40. The van der Waals surface area contributed by atoms with E-state index in [1.165, 1.54) is 0 Å². The standard InChI is InChI=1S/C19H16ClN3OS/c1-12-6-7-13(10-16(12)20)22-18-17-15(5-2-8-21-17)19(24)23(18)11-14-4-3-9-25-14/h2-10,18,22H,11H2,1H3/t18-/m0/s1. The molecule has 1 N–H and O–H groups in total. The number of pyridine rings is 1. The first-order chi connectivity index (χ1) is 12.1. The molecule has 3 heterocycles. The molecule has 1 aliphatic rings. The molecule has 25 heavy (non-hydrogen) atoms. The number of amides is 1. The van der Waals surface area contributed by atoms with Crippen molar-refractivity contribution in [3.8, 4) is 0 Å². The summed E-state index contributed by atoms with van der Waals surface area (Å²) in [6.07, 6.45) is 1.40. The molecule has 0 saturated heterocycles. The molecule has 1 amide bonds. The van der Waals surface area contributed by atoms with Gasteiger partial charge in [0.15, 0.2) is 0 Å². The second-order valence-electron chi connectivity index (χ2n) is 5.96. The molecule has 1 aliphatic heterocycles. The van der Waals surface area contributed by atoms with Crippen LogP contribution in [0.1, 0.15) is 32.7 Å². The molecule has 0 spiro atoms. The maximum Gasteiger partial charge on any atom is 0.258 e. The maximum absolute atomic E-state index is 12.9. The minimum Gasteiger partial charge on any atom is -0.360 e. The van der Waals surface area contributed by atoms with E-state index in [9.17, 15) is 4.79 Å². The van der Waals surface area contributed by atoms with Crippen molar-refractivity contribution in [3.63, 3.8) is 0 Å². The molecule has 0 radical (unpaired) electrons. The molecular formula is C19H16ClN3OS. The van der Waals surface area contributed by atoms with Crippen LogP contribution in [0.25, 0.3) is 0 Å². The Balaban J connectivity index is 1.70. The van der Waals surface area contributed by atoms with Crippen LogP contribution < -0.4 is 5.32 Å². The zero-order chi connectivity index (χ0) is 17.4. The van der Waals surface area contributed by atoms with Crippen molar-refractivity contribution in [1.29, 1.82) is 0 Å². The Morgan fingerprint density at radius 3 is 2.92 bits per heavy atom. The second kappa shape index (κ2) is 6.50. The summed E-state index contributed by atoms with van der Waals surface area (Å²) in [5, 5.41) is 6.13. The van der Waals surface area contributed by atoms with Gasteiger partial charge in [0, 0.05) is 21.8 Å². The Labute approximate surface area is 155 Å². The highest BCUT2D eigenvalue weighted by Gasteiger charge is 2.38. The van der Waals surface area contributed by atoms with Crippen molar-refractivity contribution in [3.05, 3.63) is 80.8 Å². The topological polar surface area (TPSA) is 45.2 Å². The van der Waals surface area contributed by atoms with Crippen LogP contribution in [0.15, 0.2) is 54.0 Å². The van der Waals surface area contributed by atoms with Crippen LogP contribution in [-0.2, 0) is 6.54 Å². The van der Waals surface area contributed by atoms with Crippen molar-refractivity contribution < 1.29 is 4.79 Å². The van der Waals surface area contributed by atoms with Gasteiger partial charge in [-0.15, -0.1) is 11.3 Å². The Kier molecular flexibility index (Phi) is 4.19. The molecule has 0 bridgehead atoms. The van der Waals surface area contributed by atoms with Crippen molar-refractivity contribution >= 4 is 34.5 Å². The first kappa shape index (κ1) is 16.1. The number of nitrogens with zero attached hydrogens (tertiary/aromatic N) is 2. The lowest BCUT2D eigenvalue weighted by molar-refractivity contribution is 0.0729. The highest BCUT2D eigenvalue weighted by atomic mass is 35.5. The Morgan fingerprint density at radius 1 is 1.28 bits per heavy atom. The Bertz CT molecular complexity index is 926. The lowest BCUT2D eigenvalue weighted by Gasteiger charge is -2.26. The number of thiophene rings is 1. The smallest absolute Gasteiger partial charge is 0.258 e. The van der Waals surface area contributed by atoms with Crippen molar-refractivity contribution in [2.45, 2.75) is 19.6 Å². The molecule has 0 fully saturated rings. The molecular weight excluding hydrogens is 354 g/mol. The molecule has 3 aromatic rings. The van der Waals surface area contributed by atoms with E-state index >= 15 is 0 Å². The molecule has 2 aromatic heterocycles. The van der Waals surface area contributed by atoms with Crippen molar-refractivity contribution in [2.24, 2.45) is 0 Å². The number of rotatable bonds is 4. The summed E-state index contributed by atoms with van der Waals surface area (Å²) in [5.41, 5.74) is 3.28. The fraction of sp³-hybridized carbons (Fsp3) is 0.158. The maximum atomic E-state index is 12.9. The van der Waals surface area contributed by atoms with Gasteiger partial charge in [0.25, 0.3) is 5.91 Å². The number of benzene rings is 1. The van der Waals surface area contributed by atoms with Gasteiger partial charge in [0.05, 0.1) is 17.8 Å². The molecule has 126 valence electrons. The van der Waals surface area contributed by atoms with Gasteiger partial charge in [-0.1, -0.05) is 23.7 Å². The molecule has 4 nitrogen and oxygen atoms in total. The van der Waals surface area contributed by atoms with Gasteiger partial charge in [-0.05, 0) is 48.2 Å². The minimum atomic E-state index is -0.315. The highest BCUT2D eigenvalue weighted by molar-refractivity contribution is 7.09. The van der Waals surface area contributed by atoms with Crippen molar-refractivity contribution in [2.75, 3.05) is 5.32 Å². The molecule has 1 aromatic carbocycles. The summed E-state index contributed by atoms with van der Waals surface area (Å²) >= 11 is 7.89. The zero-order valence-electron chi connectivity index (χ0n) is 13.6. The summed E-state index contributed by atoms with van der Waals surface area (Å²) in [4.78, 5) is 20.3. The number of carbonyl (C=O) groups excluding carboxylic acids is 1. The predicted octanol–water partition coefficient (Wildman–Crippen LogP) is 4.87. The number of hydrogen-bond acceptors (Lipinski definition) is 4. The quantitative estimate of drug-likeness (QED) is 0.713. The highest BCUT2D eigenvalue weighted by Crippen LogP contribution is 2.35. The number of nitrogens with one attached hydrogen (secondary N) is 1. The number of fused-ring (bicyclic) bond motifs is 1. The van der Waals surface area contributed by atoms with E-state index in [0.29, 0.717) is 17.1 Å². The predicted molar refractivity (Wildman–Crippen MR) is 101 cm³/mol. The SMILES string of the molecule is Cc1ccc(N[C@@H]2c3ncccc3C(=O)N2Cc2cccs2)cc1Cl. The van der Waals surface area contributed by atoms with E-state index < -0.39 is 0 Å². The third-order valence-corrected chi connectivity index (χ3v) is 5.55. The third kappa shape index (κ3) is 3.01. The monoisotopic (exact) mass is 369 g/mol. The lowest BCUT2D eigenvalue weighted by atomic mass is 10.2. The summed E-state index contributed by atoms with van der Waals surface area (Å²) in [7, 11) is 0. The van der Waals surface area contributed by atoms with Crippen LogP contribution in [0.2, 0.25) is 5.02 Å². The van der Waals surface area contributed by atoms with Gasteiger partial charge in [0.1, 0.15) is 6.17 Å². The molecule has 4 rings (SSSR count). The van der Waals surface area contributed by atoms with Gasteiger partial charge in [-0.25, -0.2) is 0 Å². The van der Waals surface area contributed by atoms with E-state index in [0.717, 1.165) is 21.8 Å². The number of aromatic nitrogens is 1. The average Bonchev–Trinajstić information content (AvgIpc) is 3.21. The van der Waals surface area contributed by atoms with Crippen molar-refractivity contribution in [1.82, 2.24) is 9.88 Å². The lowest BCUT2D eigenvalue weighted by Crippen LogP contribution is -2.31. The Morgan fingerprint density at radius 2 is 2.16 bits per heavy atom. The fourth-order valence-electron chi connectivity index (χ4n) is 2.96. The summed E-state index contributed by atoms with van der Waals surface area (Å²) in [6, 6.07) is 13.5. The van der Waals surface area contributed by atoms with Crippen LogP contribution in [0.5, 0.6) is 0 Å². The first-order valence-electron chi connectivity index (χ1n) is 7.94. The average molecular weight is 370 g/mol. The number of hydrogen-bond donors (Lipinski definition) is 1. The molecule has 0 aliphatic carbocycles. The van der Waals surface area contributed by atoms with E-state index in [4.69, 9.17) is 11.6 Å². The fourth-order valence-corrected chi connectivity index (χ4v) is 3.84. The van der Waals surface area contributed by atoms with Crippen LogP contribution in [0, 0.1) is 6.92 Å². The van der Waals surface area contributed by atoms with Crippen LogP contribution in [0.4, 0.5) is 5.69 Å². The summed E-state index contributed by atoms with van der Waals surface area (Å²) in [5.74, 6) is -0.00721. The molecule has 6 heteroatoms. The van der Waals surface area contributed by atoms with Gasteiger partial charge in [-0.2, -0.15) is 0 Å². The molecule has 1 atom stereocenters. The van der Waals surface area contributed by atoms with Gasteiger partial charge in [0.2, 0.25) is 0 Å². The largest absolute Gasteiger partial charge is 0.360 e. The zero-order valence-corrected chi connectivity index (χ0v) is 15.1.